The predicted molar refractivity (Wildman–Crippen MR) is 101 cm³/mol. The standard InChI is InChI=1S/C18H20BrN3O2/c1-2-5-17(23)21-14-10-8-13(9-11-14)20-12-18(24)22-16-7-4-3-6-15(16)19/h3-4,6-11,20H,2,5,12H2,1H3,(H,21,23)(H,22,24). The molecular weight excluding hydrogens is 370 g/mol. The first kappa shape index (κ1) is 18.0. The third-order valence-corrected chi connectivity index (χ3v) is 3.94. The lowest BCUT2D eigenvalue weighted by Crippen LogP contribution is -2.21. The van der Waals surface area contributed by atoms with Crippen molar-refractivity contribution >= 4 is 44.8 Å². The SMILES string of the molecule is CCCC(=O)Nc1ccc(NCC(=O)Nc2ccccc2Br)cc1. The first-order chi connectivity index (χ1) is 11.6. The maximum atomic E-state index is 12.0. The van der Waals surface area contributed by atoms with Crippen molar-refractivity contribution in [1.29, 1.82) is 0 Å². The summed E-state index contributed by atoms with van der Waals surface area (Å²) in [6.45, 7) is 2.12. The molecule has 6 heteroatoms. The first-order valence-corrected chi connectivity index (χ1v) is 8.56. The molecule has 0 aliphatic carbocycles. The molecule has 2 rings (SSSR count). The van der Waals surface area contributed by atoms with Gasteiger partial charge in [0.2, 0.25) is 11.8 Å². The lowest BCUT2D eigenvalue weighted by atomic mass is 10.2. The molecule has 0 radical (unpaired) electrons. The fraction of sp³-hybridized carbons (Fsp3) is 0.222. The molecule has 0 fully saturated rings. The van der Waals surface area contributed by atoms with E-state index in [1.807, 2.05) is 55.5 Å². The van der Waals surface area contributed by atoms with Gasteiger partial charge in [0.25, 0.3) is 0 Å². The second kappa shape index (κ2) is 9.08. The van der Waals surface area contributed by atoms with Gasteiger partial charge in [0, 0.05) is 22.3 Å². The van der Waals surface area contributed by atoms with E-state index in [2.05, 4.69) is 31.9 Å². The molecule has 0 aromatic heterocycles. The maximum Gasteiger partial charge on any atom is 0.243 e. The average Bonchev–Trinajstić information content (AvgIpc) is 2.56. The van der Waals surface area contributed by atoms with Crippen LogP contribution in [-0.2, 0) is 9.59 Å². The number of hydrogen-bond donors (Lipinski definition) is 3. The minimum atomic E-state index is -0.137. The van der Waals surface area contributed by atoms with E-state index < -0.39 is 0 Å². The third kappa shape index (κ3) is 5.70. The van der Waals surface area contributed by atoms with Gasteiger partial charge in [-0.05, 0) is 58.7 Å². The smallest absolute Gasteiger partial charge is 0.243 e. The zero-order chi connectivity index (χ0) is 17.4. The van der Waals surface area contributed by atoms with Gasteiger partial charge in [-0.3, -0.25) is 9.59 Å². The zero-order valence-electron chi connectivity index (χ0n) is 13.4. The van der Waals surface area contributed by atoms with Crippen LogP contribution < -0.4 is 16.0 Å². The highest BCUT2D eigenvalue weighted by Crippen LogP contribution is 2.21. The Kier molecular flexibility index (Phi) is 6.81. The maximum absolute atomic E-state index is 12.0. The molecule has 2 amide bonds. The van der Waals surface area contributed by atoms with Gasteiger partial charge < -0.3 is 16.0 Å². The molecular formula is C18H20BrN3O2. The van der Waals surface area contributed by atoms with Gasteiger partial charge in [0.15, 0.2) is 0 Å². The number of amides is 2. The Morgan fingerprint density at radius 2 is 1.58 bits per heavy atom. The summed E-state index contributed by atoms with van der Waals surface area (Å²) >= 11 is 3.39. The number of anilines is 3. The molecule has 0 heterocycles. The van der Waals surface area contributed by atoms with Gasteiger partial charge in [0.05, 0.1) is 12.2 Å². The second-order valence-corrected chi connectivity index (χ2v) is 6.11. The van der Waals surface area contributed by atoms with Gasteiger partial charge in [-0.15, -0.1) is 0 Å². The van der Waals surface area contributed by atoms with Crippen molar-refractivity contribution in [3.63, 3.8) is 0 Å². The van der Waals surface area contributed by atoms with Gasteiger partial charge in [-0.2, -0.15) is 0 Å². The molecule has 0 atom stereocenters. The van der Waals surface area contributed by atoms with Crippen molar-refractivity contribution in [3.05, 3.63) is 53.0 Å². The van der Waals surface area contributed by atoms with E-state index in [1.165, 1.54) is 0 Å². The summed E-state index contributed by atoms with van der Waals surface area (Å²) in [4.78, 5) is 23.5. The Morgan fingerprint density at radius 1 is 0.917 bits per heavy atom. The molecule has 0 saturated carbocycles. The molecule has 2 aromatic carbocycles. The molecule has 24 heavy (non-hydrogen) atoms. The molecule has 126 valence electrons. The lowest BCUT2D eigenvalue weighted by molar-refractivity contribution is -0.116. The molecule has 0 aliphatic rings. The summed E-state index contributed by atoms with van der Waals surface area (Å²) in [7, 11) is 0. The van der Waals surface area contributed by atoms with Crippen molar-refractivity contribution in [1.82, 2.24) is 0 Å². The van der Waals surface area contributed by atoms with Crippen LogP contribution in [0.25, 0.3) is 0 Å². The fourth-order valence-electron chi connectivity index (χ4n) is 2.06. The van der Waals surface area contributed by atoms with E-state index in [4.69, 9.17) is 0 Å². The normalized spacial score (nSPS) is 10.1. The summed E-state index contributed by atoms with van der Waals surface area (Å²) in [5.74, 6) is -0.131. The van der Waals surface area contributed by atoms with Gasteiger partial charge >= 0.3 is 0 Å². The van der Waals surface area contributed by atoms with Crippen molar-refractivity contribution in [2.24, 2.45) is 0 Å². The van der Waals surface area contributed by atoms with Crippen LogP contribution in [0.5, 0.6) is 0 Å². The van der Waals surface area contributed by atoms with Crippen molar-refractivity contribution in [2.45, 2.75) is 19.8 Å². The van der Waals surface area contributed by atoms with Crippen LogP contribution in [0.4, 0.5) is 17.1 Å². The second-order valence-electron chi connectivity index (χ2n) is 5.26. The minimum absolute atomic E-state index is 0.00558. The molecule has 2 aromatic rings. The predicted octanol–water partition coefficient (Wildman–Crippen LogP) is 4.24. The molecule has 5 nitrogen and oxygen atoms in total. The Balaban J connectivity index is 1.82. The zero-order valence-corrected chi connectivity index (χ0v) is 15.0. The van der Waals surface area contributed by atoms with E-state index in [0.29, 0.717) is 6.42 Å². The van der Waals surface area contributed by atoms with Crippen molar-refractivity contribution in [2.75, 3.05) is 22.5 Å². The average molecular weight is 390 g/mol. The molecule has 0 spiro atoms. The quantitative estimate of drug-likeness (QED) is 0.663. The summed E-state index contributed by atoms with van der Waals surface area (Å²) in [5, 5.41) is 8.70. The van der Waals surface area contributed by atoms with Crippen LogP contribution >= 0.6 is 15.9 Å². The third-order valence-electron chi connectivity index (χ3n) is 3.25. The van der Waals surface area contributed by atoms with Gasteiger partial charge in [0.1, 0.15) is 0 Å². The number of halogens is 1. The topological polar surface area (TPSA) is 70.2 Å². The van der Waals surface area contributed by atoms with Crippen molar-refractivity contribution < 1.29 is 9.59 Å². The van der Waals surface area contributed by atoms with E-state index >= 15 is 0 Å². The number of carbonyl (C=O) groups excluding carboxylic acids is 2. The fourth-order valence-corrected chi connectivity index (χ4v) is 2.45. The van der Waals surface area contributed by atoms with E-state index in [-0.39, 0.29) is 18.4 Å². The Labute approximate surface area is 150 Å². The van der Waals surface area contributed by atoms with Crippen LogP contribution in [0.3, 0.4) is 0 Å². The highest BCUT2D eigenvalue weighted by molar-refractivity contribution is 9.10. The highest BCUT2D eigenvalue weighted by atomic mass is 79.9. The van der Waals surface area contributed by atoms with E-state index in [1.54, 1.807) is 0 Å². The summed E-state index contributed by atoms with van der Waals surface area (Å²) in [6.07, 6.45) is 1.33. The largest absolute Gasteiger partial charge is 0.376 e. The Bertz CT molecular complexity index is 702. The molecule has 3 N–H and O–H groups in total. The van der Waals surface area contributed by atoms with Crippen LogP contribution in [0.15, 0.2) is 53.0 Å². The number of nitrogens with one attached hydrogen (secondary N) is 3. The molecule has 0 bridgehead atoms. The van der Waals surface area contributed by atoms with Gasteiger partial charge in [-0.1, -0.05) is 19.1 Å². The summed E-state index contributed by atoms with van der Waals surface area (Å²) in [6, 6.07) is 14.7. The van der Waals surface area contributed by atoms with E-state index in [0.717, 1.165) is 28.0 Å². The number of para-hydroxylation sites is 1. The monoisotopic (exact) mass is 389 g/mol. The van der Waals surface area contributed by atoms with Crippen LogP contribution in [0.2, 0.25) is 0 Å². The van der Waals surface area contributed by atoms with E-state index in [9.17, 15) is 9.59 Å². The number of hydrogen-bond acceptors (Lipinski definition) is 3. The van der Waals surface area contributed by atoms with Crippen LogP contribution in [0, 0.1) is 0 Å². The van der Waals surface area contributed by atoms with Crippen LogP contribution in [-0.4, -0.2) is 18.4 Å². The van der Waals surface area contributed by atoms with Gasteiger partial charge in [-0.25, -0.2) is 0 Å². The lowest BCUT2D eigenvalue weighted by Gasteiger charge is -2.10. The number of benzene rings is 2. The minimum Gasteiger partial charge on any atom is -0.376 e. The summed E-state index contributed by atoms with van der Waals surface area (Å²) < 4.78 is 0.838. The van der Waals surface area contributed by atoms with Crippen molar-refractivity contribution in [3.8, 4) is 0 Å². The molecule has 0 saturated heterocycles. The summed E-state index contributed by atoms with van der Waals surface area (Å²) in [5.41, 5.74) is 2.29. The first-order valence-electron chi connectivity index (χ1n) is 7.76. The number of rotatable bonds is 7. The molecule has 0 unspecified atom stereocenters. The number of carbonyl (C=O) groups is 2. The Hall–Kier alpha value is -2.34. The van der Waals surface area contributed by atoms with Crippen LogP contribution in [0.1, 0.15) is 19.8 Å². The highest BCUT2D eigenvalue weighted by Gasteiger charge is 2.05. The molecule has 0 aliphatic heterocycles. The Morgan fingerprint density at radius 3 is 2.25 bits per heavy atom.